The third kappa shape index (κ3) is 5.09. The molecular weight excluding hydrogens is 398 g/mol. The zero-order valence-electron chi connectivity index (χ0n) is 18.7. The average molecular weight is 426 g/mol. The number of rotatable bonds is 8. The smallest absolute Gasteiger partial charge is 0.180 e. The lowest BCUT2D eigenvalue weighted by atomic mass is 9.98. The second kappa shape index (κ2) is 10.0. The Hall–Kier alpha value is -3.79. The second-order valence-corrected chi connectivity index (χ2v) is 8.13. The molecule has 1 N–H and O–H groups in total. The molecular formula is C25H27N7. The van der Waals surface area contributed by atoms with Gasteiger partial charge in [-0.15, -0.1) is 11.0 Å². The van der Waals surface area contributed by atoms with E-state index in [9.17, 15) is 0 Å². The lowest BCUT2D eigenvalue weighted by molar-refractivity contribution is 0.570. The van der Waals surface area contributed by atoms with Crippen LogP contribution in [0.2, 0.25) is 0 Å². The number of aryl methyl sites for hydroxylation is 1. The quantitative estimate of drug-likeness (QED) is 0.425. The Bertz CT molecular complexity index is 1210. The number of hydrogen-bond acceptors (Lipinski definition) is 5. The van der Waals surface area contributed by atoms with Crippen molar-refractivity contribution >= 4 is 0 Å². The summed E-state index contributed by atoms with van der Waals surface area (Å²) in [6, 6.07) is 16.6. The predicted molar refractivity (Wildman–Crippen MR) is 124 cm³/mol. The van der Waals surface area contributed by atoms with E-state index in [1.165, 1.54) is 5.56 Å². The van der Waals surface area contributed by atoms with E-state index in [0.29, 0.717) is 24.7 Å². The van der Waals surface area contributed by atoms with Gasteiger partial charge in [-0.25, -0.2) is 14.8 Å². The van der Waals surface area contributed by atoms with Crippen molar-refractivity contribution in [2.75, 3.05) is 0 Å². The molecule has 2 heterocycles. The van der Waals surface area contributed by atoms with Crippen LogP contribution in [0.1, 0.15) is 44.4 Å². The first-order valence-corrected chi connectivity index (χ1v) is 10.9. The Morgan fingerprint density at radius 2 is 1.81 bits per heavy atom. The summed E-state index contributed by atoms with van der Waals surface area (Å²) in [6.07, 6.45) is 2.69. The van der Waals surface area contributed by atoms with Gasteiger partial charge in [0.1, 0.15) is 12.4 Å². The highest BCUT2D eigenvalue weighted by Gasteiger charge is 2.13. The summed E-state index contributed by atoms with van der Waals surface area (Å²) < 4.78 is 1.94. The van der Waals surface area contributed by atoms with E-state index in [1.807, 2.05) is 29.8 Å². The summed E-state index contributed by atoms with van der Waals surface area (Å²) in [5.41, 5.74) is 4.34. The van der Waals surface area contributed by atoms with E-state index >= 15 is 0 Å². The highest BCUT2D eigenvalue weighted by atomic mass is 15.5. The number of aromatic nitrogens is 7. The first-order valence-electron chi connectivity index (χ1n) is 10.9. The van der Waals surface area contributed by atoms with Gasteiger partial charge in [0.25, 0.3) is 0 Å². The van der Waals surface area contributed by atoms with Crippen LogP contribution in [0.4, 0.5) is 0 Å². The van der Waals surface area contributed by atoms with E-state index in [1.54, 1.807) is 0 Å². The molecule has 0 atom stereocenters. The number of aromatic amines is 1. The van der Waals surface area contributed by atoms with E-state index in [-0.39, 0.29) is 0 Å². The molecule has 162 valence electrons. The Kier molecular flexibility index (Phi) is 6.71. The molecule has 2 aromatic carbocycles. The summed E-state index contributed by atoms with van der Waals surface area (Å²) in [5, 5.41) is 19.0. The van der Waals surface area contributed by atoms with Gasteiger partial charge in [0.05, 0.1) is 0 Å². The fourth-order valence-corrected chi connectivity index (χ4v) is 3.56. The third-order valence-corrected chi connectivity index (χ3v) is 5.30. The number of tetrazole rings is 1. The number of hydrogen-bond donors (Lipinski definition) is 1. The Morgan fingerprint density at radius 1 is 1.03 bits per heavy atom. The van der Waals surface area contributed by atoms with E-state index in [0.717, 1.165) is 41.2 Å². The van der Waals surface area contributed by atoms with Crippen molar-refractivity contribution in [1.29, 1.82) is 0 Å². The molecule has 0 aliphatic carbocycles. The molecule has 0 aliphatic rings. The maximum atomic E-state index is 4.82. The molecule has 0 amide bonds. The molecule has 0 unspecified atom stereocenters. The molecule has 0 spiro atoms. The van der Waals surface area contributed by atoms with Crippen molar-refractivity contribution in [3.05, 3.63) is 65.7 Å². The first-order chi connectivity index (χ1) is 15.6. The predicted octanol–water partition coefficient (Wildman–Crippen LogP) is 4.33. The maximum Gasteiger partial charge on any atom is 0.180 e. The van der Waals surface area contributed by atoms with Crippen molar-refractivity contribution < 1.29 is 0 Å². The lowest BCUT2D eigenvalue weighted by Crippen LogP contribution is -2.05. The van der Waals surface area contributed by atoms with Crippen LogP contribution < -0.4 is 0 Å². The molecule has 0 aliphatic heterocycles. The van der Waals surface area contributed by atoms with Crippen LogP contribution in [0.5, 0.6) is 0 Å². The van der Waals surface area contributed by atoms with Gasteiger partial charge < -0.3 is 0 Å². The molecule has 2 aromatic heterocycles. The minimum atomic E-state index is 0.567. The minimum absolute atomic E-state index is 0.567. The standard InChI is InChI=1S/C25H27N7/c1-4-5-16-32-24(26-23(29-32)15-10-18(2)3)17-19-11-13-20(14-12-19)21-8-6-7-9-22(21)25-27-30-31-28-25/h6-9,11-14,18H,10,15-17H2,1-3H3,(H,27,28,30,31). The molecule has 0 radical (unpaired) electrons. The van der Waals surface area contributed by atoms with Crippen molar-refractivity contribution in [2.45, 2.75) is 46.6 Å². The van der Waals surface area contributed by atoms with Crippen LogP contribution in [0.15, 0.2) is 48.5 Å². The monoisotopic (exact) mass is 425 g/mol. The molecule has 4 aromatic rings. The van der Waals surface area contributed by atoms with Gasteiger partial charge in [0, 0.05) is 18.4 Å². The Labute approximate surface area is 188 Å². The zero-order chi connectivity index (χ0) is 22.3. The molecule has 4 rings (SSSR count). The van der Waals surface area contributed by atoms with Gasteiger partial charge in [-0.3, -0.25) is 0 Å². The number of benzene rings is 2. The molecule has 7 nitrogen and oxygen atoms in total. The van der Waals surface area contributed by atoms with Crippen LogP contribution in [0.3, 0.4) is 0 Å². The van der Waals surface area contributed by atoms with Crippen molar-refractivity contribution in [3.8, 4) is 34.4 Å². The van der Waals surface area contributed by atoms with Gasteiger partial charge in [0.15, 0.2) is 11.6 Å². The average Bonchev–Trinajstić information content (AvgIpc) is 3.47. The SMILES string of the molecule is CC#CCn1nc(CCC(C)C)nc1Cc1ccc(-c2ccccc2-c2nnn[nH]2)cc1. The normalized spacial score (nSPS) is 10.9. The second-order valence-electron chi connectivity index (χ2n) is 8.13. The summed E-state index contributed by atoms with van der Waals surface area (Å²) in [5.74, 6) is 9.20. The van der Waals surface area contributed by atoms with Crippen molar-refractivity contribution in [1.82, 2.24) is 35.4 Å². The topological polar surface area (TPSA) is 85.2 Å². The van der Waals surface area contributed by atoms with Crippen LogP contribution in [0, 0.1) is 17.8 Å². The van der Waals surface area contributed by atoms with Gasteiger partial charge in [0.2, 0.25) is 0 Å². The van der Waals surface area contributed by atoms with Crippen LogP contribution >= 0.6 is 0 Å². The van der Waals surface area contributed by atoms with Gasteiger partial charge in [-0.1, -0.05) is 68.3 Å². The van der Waals surface area contributed by atoms with E-state index in [2.05, 4.69) is 76.6 Å². The van der Waals surface area contributed by atoms with Gasteiger partial charge in [-0.2, -0.15) is 5.10 Å². The fraction of sp³-hybridized carbons (Fsp3) is 0.320. The first kappa shape index (κ1) is 21.4. The summed E-state index contributed by atoms with van der Waals surface area (Å²) in [4.78, 5) is 4.82. The summed E-state index contributed by atoms with van der Waals surface area (Å²) in [6.45, 7) is 6.86. The van der Waals surface area contributed by atoms with Crippen LogP contribution in [-0.4, -0.2) is 35.4 Å². The Morgan fingerprint density at radius 3 is 2.50 bits per heavy atom. The summed E-state index contributed by atoms with van der Waals surface area (Å²) in [7, 11) is 0. The fourth-order valence-electron chi connectivity index (χ4n) is 3.56. The Balaban J connectivity index is 1.56. The molecule has 0 saturated heterocycles. The van der Waals surface area contributed by atoms with Crippen LogP contribution in [0.25, 0.3) is 22.5 Å². The minimum Gasteiger partial charge on any atom is -0.239 e. The highest BCUT2D eigenvalue weighted by molar-refractivity contribution is 5.80. The number of H-pyrrole nitrogens is 1. The molecule has 0 bridgehead atoms. The molecule has 0 fully saturated rings. The lowest BCUT2D eigenvalue weighted by Gasteiger charge is -2.08. The molecule has 32 heavy (non-hydrogen) atoms. The molecule has 7 heteroatoms. The van der Waals surface area contributed by atoms with Gasteiger partial charge in [-0.05, 0) is 46.4 Å². The molecule has 0 saturated carbocycles. The maximum absolute atomic E-state index is 4.82. The third-order valence-electron chi connectivity index (χ3n) is 5.30. The van der Waals surface area contributed by atoms with Crippen molar-refractivity contribution in [3.63, 3.8) is 0 Å². The summed E-state index contributed by atoms with van der Waals surface area (Å²) >= 11 is 0. The van der Waals surface area contributed by atoms with Crippen molar-refractivity contribution in [2.24, 2.45) is 5.92 Å². The highest BCUT2D eigenvalue weighted by Crippen LogP contribution is 2.30. The number of nitrogens with zero attached hydrogens (tertiary/aromatic N) is 6. The zero-order valence-corrected chi connectivity index (χ0v) is 18.7. The van der Waals surface area contributed by atoms with E-state index in [4.69, 9.17) is 10.1 Å². The largest absolute Gasteiger partial charge is 0.239 e. The number of nitrogens with one attached hydrogen (secondary N) is 1. The van der Waals surface area contributed by atoms with Gasteiger partial charge >= 0.3 is 0 Å². The van der Waals surface area contributed by atoms with E-state index < -0.39 is 0 Å². The van der Waals surface area contributed by atoms with Crippen LogP contribution in [-0.2, 0) is 19.4 Å².